The van der Waals surface area contributed by atoms with Crippen molar-refractivity contribution in [1.82, 2.24) is 0 Å². The SMILES string of the molecule is CCCCN(CCO)c1ccc(F)cc1C(N)=S. The number of aliphatic hydroxyl groups excluding tert-OH is 1. The lowest BCUT2D eigenvalue weighted by molar-refractivity contribution is 0.301. The standard InChI is InChI=1S/C13H19FN2OS/c1-2-3-6-16(7-8-17)12-5-4-10(14)9-11(12)13(15)18/h4-5,9,17H,2-3,6-8H2,1H3,(H2,15,18). The molecule has 0 aliphatic carbocycles. The molecule has 0 aliphatic heterocycles. The summed E-state index contributed by atoms with van der Waals surface area (Å²) in [5.74, 6) is -0.360. The fourth-order valence-electron chi connectivity index (χ4n) is 1.80. The third kappa shape index (κ3) is 3.92. The van der Waals surface area contributed by atoms with Crippen molar-refractivity contribution >= 4 is 22.9 Å². The molecule has 18 heavy (non-hydrogen) atoms. The van der Waals surface area contributed by atoms with E-state index < -0.39 is 0 Å². The van der Waals surface area contributed by atoms with Crippen molar-refractivity contribution in [2.45, 2.75) is 19.8 Å². The lowest BCUT2D eigenvalue weighted by Gasteiger charge is -2.26. The van der Waals surface area contributed by atoms with Gasteiger partial charge < -0.3 is 15.7 Å². The second-order valence-electron chi connectivity index (χ2n) is 4.09. The molecule has 0 saturated heterocycles. The van der Waals surface area contributed by atoms with Gasteiger partial charge in [-0.15, -0.1) is 0 Å². The van der Waals surface area contributed by atoms with Crippen LogP contribution in [-0.2, 0) is 0 Å². The maximum Gasteiger partial charge on any atom is 0.124 e. The molecule has 0 heterocycles. The summed E-state index contributed by atoms with van der Waals surface area (Å²) in [6.45, 7) is 3.41. The van der Waals surface area contributed by atoms with Gasteiger partial charge in [-0.2, -0.15) is 0 Å². The summed E-state index contributed by atoms with van der Waals surface area (Å²) in [4.78, 5) is 2.15. The van der Waals surface area contributed by atoms with Crippen LogP contribution in [0.15, 0.2) is 18.2 Å². The summed E-state index contributed by atoms with van der Waals surface area (Å²) < 4.78 is 13.2. The number of hydrogen-bond donors (Lipinski definition) is 2. The summed E-state index contributed by atoms with van der Waals surface area (Å²) in [5.41, 5.74) is 6.93. The zero-order valence-electron chi connectivity index (χ0n) is 10.5. The second kappa shape index (κ2) is 7.28. The number of thiocarbonyl (C=S) groups is 1. The average molecular weight is 270 g/mol. The van der Waals surface area contributed by atoms with Crippen molar-refractivity contribution in [3.05, 3.63) is 29.6 Å². The molecule has 0 bridgehead atoms. The van der Waals surface area contributed by atoms with E-state index in [2.05, 4.69) is 6.92 Å². The van der Waals surface area contributed by atoms with E-state index >= 15 is 0 Å². The van der Waals surface area contributed by atoms with Crippen molar-refractivity contribution in [3.63, 3.8) is 0 Å². The highest BCUT2D eigenvalue weighted by atomic mass is 32.1. The van der Waals surface area contributed by atoms with Gasteiger partial charge >= 0.3 is 0 Å². The van der Waals surface area contributed by atoms with Crippen LogP contribution in [0.3, 0.4) is 0 Å². The van der Waals surface area contributed by atoms with Gasteiger partial charge in [0.25, 0.3) is 0 Å². The maximum atomic E-state index is 13.2. The third-order valence-electron chi connectivity index (χ3n) is 2.72. The van der Waals surface area contributed by atoms with Gasteiger partial charge in [-0.25, -0.2) is 4.39 Å². The van der Waals surface area contributed by atoms with Crippen molar-refractivity contribution in [1.29, 1.82) is 0 Å². The molecule has 0 unspecified atom stereocenters. The highest BCUT2D eigenvalue weighted by Gasteiger charge is 2.13. The average Bonchev–Trinajstić information content (AvgIpc) is 2.34. The Morgan fingerprint density at radius 1 is 1.44 bits per heavy atom. The molecule has 0 aliphatic rings. The highest BCUT2D eigenvalue weighted by Crippen LogP contribution is 2.22. The van der Waals surface area contributed by atoms with Crippen LogP contribution in [0.4, 0.5) is 10.1 Å². The number of unbranched alkanes of at least 4 members (excludes halogenated alkanes) is 1. The van der Waals surface area contributed by atoms with Crippen molar-refractivity contribution in [2.75, 3.05) is 24.6 Å². The molecule has 3 N–H and O–H groups in total. The second-order valence-corrected chi connectivity index (χ2v) is 4.53. The fraction of sp³-hybridized carbons (Fsp3) is 0.462. The van der Waals surface area contributed by atoms with E-state index in [9.17, 15) is 4.39 Å². The van der Waals surface area contributed by atoms with E-state index in [1.165, 1.54) is 12.1 Å². The van der Waals surface area contributed by atoms with Crippen LogP contribution < -0.4 is 10.6 Å². The molecule has 0 spiro atoms. The van der Waals surface area contributed by atoms with Crippen LogP contribution >= 0.6 is 12.2 Å². The summed E-state index contributed by atoms with van der Waals surface area (Å²) in [7, 11) is 0. The number of nitrogens with two attached hydrogens (primary N) is 1. The molecule has 100 valence electrons. The minimum absolute atomic E-state index is 0.0395. The normalized spacial score (nSPS) is 10.4. The molecule has 0 fully saturated rings. The van der Waals surface area contributed by atoms with Crippen LogP contribution in [0.2, 0.25) is 0 Å². The number of hydrogen-bond acceptors (Lipinski definition) is 3. The summed E-state index contributed by atoms with van der Waals surface area (Å²) >= 11 is 4.95. The molecule has 1 aromatic rings. The Labute approximate surface area is 112 Å². The van der Waals surface area contributed by atoms with Gasteiger partial charge in [0.15, 0.2) is 0 Å². The first kappa shape index (κ1) is 14.9. The highest BCUT2D eigenvalue weighted by molar-refractivity contribution is 7.80. The topological polar surface area (TPSA) is 49.5 Å². The van der Waals surface area contributed by atoms with Crippen LogP contribution in [0.1, 0.15) is 25.3 Å². The summed E-state index contributed by atoms with van der Waals surface area (Å²) in [6, 6.07) is 4.39. The predicted molar refractivity (Wildman–Crippen MR) is 76.5 cm³/mol. The molecular formula is C13H19FN2OS. The van der Waals surface area contributed by atoms with Crippen LogP contribution in [0.5, 0.6) is 0 Å². The van der Waals surface area contributed by atoms with Gasteiger partial charge in [-0.1, -0.05) is 25.6 Å². The van der Waals surface area contributed by atoms with Crippen molar-refractivity contribution in [2.24, 2.45) is 5.73 Å². The number of rotatable bonds is 7. The third-order valence-corrected chi connectivity index (χ3v) is 2.94. The van der Waals surface area contributed by atoms with E-state index in [0.717, 1.165) is 25.1 Å². The number of aliphatic hydroxyl groups is 1. The molecule has 0 saturated carbocycles. The number of halogens is 1. The molecule has 1 aromatic carbocycles. The summed E-state index contributed by atoms with van der Waals surface area (Å²) in [6.07, 6.45) is 2.04. The first-order valence-electron chi connectivity index (χ1n) is 6.05. The first-order chi connectivity index (χ1) is 8.60. The monoisotopic (exact) mass is 270 g/mol. The van der Waals surface area contributed by atoms with E-state index in [1.807, 2.05) is 4.90 Å². The van der Waals surface area contributed by atoms with Gasteiger partial charge in [0, 0.05) is 24.3 Å². The zero-order valence-corrected chi connectivity index (χ0v) is 11.3. The Morgan fingerprint density at radius 3 is 2.72 bits per heavy atom. The molecule has 1 rings (SSSR count). The Balaban J connectivity index is 3.05. The molecule has 3 nitrogen and oxygen atoms in total. The molecule has 0 atom stereocenters. The lowest BCUT2D eigenvalue weighted by Crippen LogP contribution is -2.30. The van der Waals surface area contributed by atoms with Crippen molar-refractivity contribution in [3.8, 4) is 0 Å². The van der Waals surface area contributed by atoms with Gasteiger partial charge in [0.05, 0.1) is 6.61 Å². The van der Waals surface area contributed by atoms with Gasteiger partial charge in [-0.3, -0.25) is 0 Å². The predicted octanol–water partition coefficient (Wildman–Crippen LogP) is 2.06. The number of benzene rings is 1. The lowest BCUT2D eigenvalue weighted by atomic mass is 10.1. The number of nitrogens with zero attached hydrogens (tertiary/aromatic N) is 1. The number of anilines is 1. The Bertz CT molecular complexity index is 412. The molecule has 0 aromatic heterocycles. The van der Waals surface area contributed by atoms with E-state index in [0.29, 0.717) is 12.1 Å². The zero-order chi connectivity index (χ0) is 13.5. The molecular weight excluding hydrogens is 251 g/mol. The summed E-state index contributed by atoms with van der Waals surface area (Å²) in [5, 5.41) is 9.10. The van der Waals surface area contributed by atoms with E-state index in [1.54, 1.807) is 6.07 Å². The molecule has 0 amide bonds. The van der Waals surface area contributed by atoms with E-state index in [-0.39, 0.29) is 17.4 Å². The Hall–Kier alpha value is -1.20. The van der Waals surface area contributed by atoms with Crippen LogP contribution in [0, 0.1) is 5.82 Å². The molecule has 5 heteroatoms. The minimum atomic E-state index is -0.360. The molecule has 0 radical (unpaired) electrons. The van der Waals surface area contributed by atoms with Crippen molar-refractivity contribution < 1.29 is 9.50 Å². The van der Waals surface area contributed by atoms with Gasteiger partial charge in [-0.05, 0) is 24.6 Å². The van der Waals surface area contributed by atoms with E-state index in [4.69, 9.17) is 23.1 Å². The maximum absolute atomic E-state index is 13.2. The van der Waals surface area contributed by atoms with Gasteiger partial charge in [0.2, 0.25) is 0 Å². The Kier molecular flexibility index (Phi) is 6.01. The largest absolute Gasteiger partial charge is 0.395 e. The fourth-order valence-corrected chi connectivity index (χ4v) is 1.97. The Morgan fingerprint density at radius 2 is 2.17 bits per heavy atom. The van der Waals surface area contributed by atoms with Crippen LogP contribution in [-0.4, -0.2) is 29.8 Å². The quantitative estimate of drug-likeness (QED) is 0.745. The van der Waals surface area contributed by atoms with Crippen LogP contribution in [0.25, 0.3) is 0 Å². The smallest absolute Gasteiger partial charge is 0.124 e. The minimum Gasteiger partial charge on any atom is -0.395 e. The van der Waals surface area contributed by atoms with Gasteiger partial charge in [0.1, 0.15) is 10.8 Å². The first-order valence-corrected chi connectivity index (χ1v) is 6.46.